The maximum absolute atomic E-state index is 13.5. The Balaban J connectivity index is 2.15. The van der Waals surface area contributed by atoms with Gasteiger partial charge in [0.25, 0.3) is 0 Å². The molecule has 6 heteroatoms. The van der Waals surface area contributed by atoms with Crippen LogP contribution in [0.5, 0.6) is 0 Å². The third kappa shape index (κ3) is 2.98. The molecule has 1 amide bonds. The summed E-state index contributed by atoms with van der Waals surface area (Å²) in [5.41, 5.74) is -0.370. The van der Waals surface area contributed by atoms with E-state index in [4.69, 9.17) is 0 Å². The topological polar surface area (TPSA) is 29.1 Å². The minimum absolute atomic E-state index is 0.197. The highest BCUT2D eigenvalue weighted by Gasteiger charge is 2.25. The van der Waals surface area contributed by atoms with E-state index in [-0.39, 0.29) is 16.8 Å². The van der Waals surface area contributed by atoms with E-state index < -0.39 is 11.6 Å². The van der Waals surface area contributed by atoms with Gasteiger partial charge in [-0.3, -0.25) is 4.79 Å². The van der Waals surface area contributed by atoms with Crippen molar-refractivity contribution in [2.24, 2.45) is 0 Å². The van der Waals surface area contributed by atoms with Gasteiger partial charge in [-0.1, -0.05) is 15.9 Å². The van der Waals surface area contributed by atoms with Crippen LogP contribution in [-0.4, -0.2) is 16.9 Å². The first-order chi connectivity index (χ1) is 8.08. The Morgan fingerprint density at radius 2 is 2.06 bits per heavy atom. The highest BCUT2D eigenvalue weighted by atomic mass is 79.9. The number of rotatable bonds is 2. The van der Waals surface area contributed by atoms with Crippen LogP contribution in [0, 0.1) is 11.6 Å². The minimum Gasteiger partial charge on any atom is -0.320 e. The normalized spacial score (nSPS) is 19.4. The quantitative estimate of drug-likeness (QED) is 0.902. The molecule has 0 aromatic heterocycles. The molecule has 2 rings (SSSR count). The molecule has 0 saturated carbocycles. The fourth-order valence-corrected chi connectivity index (χ4v) is 3.21. The molecule has 1 unspecified atom stereocenters. The van der Waals surface area contributed by atoms with E-state index in [2.05, 4.69) is 21.2 Å². The average Bonchev–Trinajstić information content (AvgIpc) is 2.76. The number of carbonyl (C=O) groups excluding carboxylic acids is 1. The predicted octanol–water partition coefficient (Wildman–Crippen LogP) is 3.56. The summed E-state index contributed by atoms with van der Waals surface area (Å²) in [6, 6.07) is 2.25. The highest BCUT2D eigenvalue weighted by molar-refractivity contribution is 9.10. The van der Waals surface area contributed by atoms with E-state index >= 15 is 0 Å². The number of hydrogen-bond acceptors (Lipinski definition) is 2. The molecule has 1 aromatic carbocycles. The number of carbonyl (C=O) groups is 1. The monoisotopic (exact) mass is 321 g/mol. The van der Waals surface area contributed by atoms with Crippen molar-refractivity contribution in [1.29, 1.82) is 0 Å². The van der Waals surface area contributed by atoms with E-state index in [0.717, 1.165) is 30.7 Å². The van der Waals surface area contributed by atoms with Crippen molar-refractivity contribution in [3.8, 4) is 0 Å². The second-order valence-electron chi connectivity index (χ2n) is 3.74. The highest BCUT2D eigenvalue weighted by Crippen LogP contribution is 2.29. The molecule has 1 aliphatic heterocycles. The van der Waals surface area contributed by atoms with Crippen molar-refractivity contribution in [2.45, 2.75) is 18.1 Å². The van der Waals surface area contributed by atoms with Crippen LogP contribution in [0.1, 0.15) is 12.8 Å². The Labute approximate surface area is 110 Å². The summed E-state index contributed by atoms with van der Waals surface area (Å²) < 4.78 is 27.2. The molecular weight excluding hydrogens is 312 g/mol. The Morgan fingerprint density at radius 3 is 2.59 bits per heavy atom. The van der Waals surface area contributed by atoms with Gasteiger partial charge in [0.1, 0.15) is 5.69 Å². The Morgan fingerprint density at radius 1 is 1.41 bits per heavy atom. The van der Waals surface area contributed by atoms with E-state index in [1.54, 1.807) is 0 Å². The Kier molecular flexibility index (Phi) is 4.04. The third-order valence-electron chi connectivity index (χ3n) is 2.48. The van der Waals surface area contributed by atoms with Gasteiger partial charge in [-0.25, -0.2) is 8.78 Å². The molecule has 17 heavy (non-hydrogen) atoms. The molecule has 2 nitrogen and oxygen atoms in total. The summed E-state index contributed by atoms with van der Waals surface area (Å²) >= 11 is 4.50. The first-order valence-electron chi connectivity index (χ1n) is 5.15. The van der Waals surface area contributed by atoms with Crippen molar-refractivity contribution in [2.75, 3.05) is 11.1 Å². The smallest absolute Gasteiger partial charge is 0.237 e. The van der Waals surface area contributed by atoms with Gasteiger partial charge in [0.05, 0.1) is 5.25 Å². The van der Waals surface area contributed by atoms with Gasteiger partial charge in [0.15, 0.2) is 11.6 Å². The predicted molar refractivity (Wildman–Crippen MR) is 68.2 cm³/mol. The molecular formula is C11H10BrF2NOS. The zero-order chi connectivity index (χ0) is 12.4. The summed E-state index contributed by atoms with van der Waals surface area (Å²) in [5.74, 6) is -0.947. The zero-order valence-corrected chi connectivity index (χ0v) is 11.2. The fraction of sp³-hybridized carbons (Fsp3) is 0.364. The first kappa shape index (κ1) is 12.8. The van der Waals surface area contributed by atoms with Crippen molar-refractivity contribution < 1.29 is 13.6 Å². The van der Waals surface area contributed by atoms with Gasteiger partial charge in [-0.15, -0.1) is 11.8 Å². The average molecular weight is 322 g/mol. The molecule has 0 bridgehead atoms. The molecule has 1 aromatic rings. The molecule has 1 fully saturated rings. The van der Waals surface area contributed by atoms with Crippen molar-refractivity contribution in [1.82, 2.24) is 0 Å². The maximum atomic E-state index is 13.5. The summed E-state index contributed by atoms with van der Waals surface area (Å²) in [6.45, 7) is 0. The second kappa shape index (κ2) is 5.35. The lowest BCUT2D eigenvalue weighted by molar-refractivity contribution is -0.115. The van der Waals surface area contributed by atoms with Gasteiger partial charge in [-0.2, -0.15) is 0 Å². The first-order valence-corrected chi connectivity index (χ1v) is 6.99. The molecule has 1 atom stereocenters. The van der Waals surface area contributed by atoms with Crippen molar-refractivity contribution >= 4 is 39.3 Å². The van der Waals surface area contributed by atoms with Gasteiger partial charge in [0.2, 0.25) is 5.91 Å². The van der Waals surface area contributed by atoms with Crippen molar-refractivity contribution in [3.05, 3.63) is 28.2 Å². The number of nitrogens with one attached hydrogen (secondary N) is 1. The lowest BCUT2D eigenvalue weighted by atomic mass is 10.2. The molecule has 1 N–H and O–H groups in total. The van der Waals surface area contributed by atoms with Crippen LogP contribution in [0.2, 0.25) is 0 Å². The van der Waals surface area contributed by atoms with Crippen LogP contribution in [0.15, 0.2) is 16.6 Å². The van der Waals surface area contributed by atoms with E-state index in [1.807, 2.05) is 0 Å². The summed E-state index contributed by atoms with van der Waals surface area (Å²) in [5, 5.41) is 2.12. The van der Waals surface area contributed by atoms with Gasteiger partial charge in [-0.05, 0) is 30.7 Å². The van der Waals surface area contributed by atoms with Gasteiger partial charge in [0, 0.05) is 4.47 Å². The lowest BCUT2D eigenvalue weighted by Crippen LogP contribution is -2.24. The number of amides is 1. The molecule has 0 aliphatic carbocycles. The summed E-state index contributed by atoms with van der Waals surface area (Å²) in [7, 11) is 0. The summed E-state index contributed by atoms with van der Waals surface area (Å²) in [4.78, 5) is 11.7. The van der Waals surface area contributed by atoms with E-state index in [9.17, 15) is 13.6 Å². The number of benzene rings is 1. The zero-order valence-electron chi connectivity index (χ0n) is 8.80. The van der Waals surface area contributed by atoms with Crippen LogP contribution in [0.4, 0.5) is 14.5 Å². The molecule has 0 spiro atoms. The molecule has 1 saturated heterocycles. The molecule has 1 aliphatic rings. The fourth-order valence-electron chi connectivity index (χ4n) is 1.65. The maximum Gasteiger partial charge on any atom is 0.237 e. The summed E-state index contributed by atoms with van der Waals surface area (Å²) in [6.07, 6.45) is 1.73. The van der Waals surface area contributed by atoms with Crippen LogP contribution in [-0.2, 0) is 4.79 Å². The standard InChI is InChI=1S/C11H10BrF2NOS/c12-6-4-7(13)10(8(14)5-6)15-11(16)9-2-1-3-17-9/h4-5,9H,1-3H2,(H,15,16). The Bertz CT molecular complexity index is 426. The van der Waals surface area contributed by atoms with E-state index in [1.165, 1.54) is 11.8 Å². The Hall–Kier alpha value is -0.620. The van der Waals surface area contributed by atoms with Gasteiger partial charge < -0.3 is 5.32 Å². The molecule has 1 heterocycles. The minimum atomic E-state index is -0.770. The van der Waals surface area contributed by atoms with Crippen molar-refractivity contribution in [3.63, 3.8) is 0 Å². The SMILES string of the molecule is O=C(Nc1c(F)cc(Br)cc1F)C1CCCS1. The molecule has 0 radical (unpaired) electrons. The number of halogens is 3. The largest absolute Gasteiger partial charge is 0.320 e. The number of thioether (sulfide) groups is 1. The van der Waals surface area contributed by atoms with Gasteiger partial charge >= 0.3 is 0 Å². The molecule has 92 valence electrons. The van der Waals surface area contributed by atoms with Crippen LogP contribution in [0.25, 0.3) is 0 Å². The number of hydrogen-bond donors (Lipinski definition) is 1. The van der Waals surface area contributed by atoms with E-state index in [0.29, 0.717) is 4.47 Å². The lowest BCUT2D eigenvalue weighted by Gasteiger charge is -2.11. The van der Waals surface area contributed by atoms with Crippen LogP contribution >= 0.6 is 27.7 Å². The third-order valence-corrected chi connectivity index (χ3v) is 4.31. The van der Waals surface area contributed by atoms with Crippen LogP contribution in [0.3, 0.4) is 0 Å². The number of anilines is 1. The van der Waals surface area contributed by atoms with Crippen LogP contribution < -0.4 is 5.32 Å². The second-order valence-corrected chi connectivity index (χ2v) is 5.96.